The molecule has 0 saturated carbocycles. The zero-order valence-corrected chi connectivity index (χ0v) is 13.9. The van der Waals surface area contributed by atoms with Gasteiger partial charge in [-0.2, -0.15) is 0 Å². The van der Waals surface area contributed by atoms with E-state index in [1.807, 2.05) is 0 Å². The van der Waals surface area contributed by atoms with Gasteiger partial charge in [-0.25, -0.2) is 9.59 Å². The van der Waals surface area contributed by atoms with Gasteiger partial charge in [0.05, 0.1) is 10.2 Å². The van der Waals surface area contributed by atoms with Gasteiger partial charge in [0.15, 0.2) is 12.3 Å². The zero-order valence-electron chi connectivity index (χ0n) is 11.7. The van der Waals surface area contributed by atoms with Crippen molar-refractivity contribution in [2.75, 3.05) is 13.2 Å². The molecule has 1 N–H and O–H groups in total. The molecular weight excluding hydrogens is 427 g/mol. The van der Waals surface area contributed by atoms with Crippen LogP contribution < -0.4 is 11.2 Å². The number of ether oxygens (including phenoxy) is 4. The number of esters is 1. The van der Waals surface area contributed by atoms with Gasteiger partial charge >= 0.3 is 17.8 Å². The van der Waals surface area contributed by atoms with Crippen LogP contribution in [-0.2, 0) is 23.7 Å². The Bertz CT molecular complexity index is 786. The molecule has 23 heavy (non-hydrogen) atoms. The van der Waals surface area contributed by atoms with E-state index in [9.17, 15) is 19.2 Å². The molecule has 3 rings (SSSR count). The molecule has 0 unspecified atom stereocenters. The Balaban J connectivity index is 2.03. The summed E-state index contributed by atoms with van der Waals surface area (Å²) in [6.45, 7) is 0.888. The Labute approximate surface area is 141 Å². The lowest BCUT2D eigenvalue weighted by Crippen LogP contribution is -2.49. The second-order valence-corrected chi connectivity index (χ2v) is 6.24. The third kappa shape index (κ3) is 2.73. The number of aromatic nitrogens is 2. The van der Waals surface area contributed by atoms with E-state index in [1.165, 1.54) is 13.1 Å². The summed E-state index contributed by atoms with van der Waals surface area (Å²) < 4.78 is 22.0. The summed E-state index contributed by atoms with van der Waals surface area (Å²) in [5.41, 5.74) is -2.60. The molecule has 2 fully saturated rings. The van der Waals surface area contributed by atoms with Crippen LogP contribution in [0.25, 0.3) is 0 Å². The molecule has 3 heterocycles. The molecule has 124 valence electrons. The monoisotopic (exact) mass is 438 g/mol. The first-order valence-electron chi connectivity index (χ1n) is 6.48. The van der Waals surface area contributed by atoms with E-state index in [0.29, 0.717) is 0 Å². The van der Waals surface area contributed by atoms with E-state index in [4.69, 9.17) is 18.9 Å². The van der Waals surface area contributed by atoms with Crippen LogP contribution in [0.4, 0.5) is 4.79 Å². The highest BCUT2D eigenvalue weighted by Gasteiger charge is 2.60. The van der Waals surface area contributed by atoms with E-state index in [1.54, 1.807) is 22.6 Å². The van der Waals surface area contributed by atoms with E-state index < -0.39 is 41.3 Å². The summed E-state index contributed by atoms with van der Waals surface area (Å²) in [5.74, 6) is -0.639. The summed E-state index contributed by atoms with van der Waals surface area (Å²) in [6, 6.07) is 0. The lowest BCUT2D eigenvalue weighted by molar-refractivity contribution is -0.160. The third-order valence-corrected chi connectivity index (χ3v) is 4.26. The van der Waals surface area contributed by atoms with Crippen LogP contribution in [0.1, 0.15) is 13.2 Å². The fraction of sp³-hybridized carbons (Fsp3) is 0.500. The van der Waals surface area contributed by atoms with Crippen molar-refractivity contribution in [3.63, 3.8) is 0 Å². The third-order valence-electron chi connectivity index (χ3n) is 3.49. The van der Waals surface area contributed by atoms with Crippen molar-refractivity contribution >= 4 is 34.7 Å². The van der Waals surface area contributed by atoms with Crippen molar-refractivity contribution in [2.45, 2.75) is 24.9 Å². The average molecular weight is 438 g/mol. The Morgan fingerprint density at radius 2 is 2.17 bits per heavy atom. The topological polar surface area (TPSA) is 126 Å². The maximum atomic E-state index is 12.0. The number of hydrogen-bond donors (Lipinski definition) is 1. The Kier molecular flexibility index (Phi) is 3.91. The minimum Gasteiger partial charge on any atom is -0.453 e. The normalized spacial score (nSPS) is 29.4. The summed E-state index contributed by atoms with van der Waals surface area (Å²) in [6.07, 6.45) is -1.79. The van der Waals surface area contributed by atoms with E-state index in [0.717, 1.165) is 4.57 Å². The quantitative estimate of drug-likeness (QED) is 0.485. The molecular formula is C12H11IN2O8. The minimum atomic E-state index is -1.32. The van der Waals surface area contributed by atoms with Crippen LogP contribution in [0.15, 0.2) is 15.8 Å². The van der Waals surface area contributed by atoms with Gasteiger partial charge in [-0.15, -0.1) is 0 Å². The van der Waals surface area contributed by atoms with Crippen LogP contribution in [0, 0.1) is 3.57 Å². The van der Waals surface area contributed by atoms with Gasteiger partial charge in [0.1, 0.15) is 6.61 Å². The van der Waals surface area contributed by atoms with Crippen LogP contribution in [0.2, 0.25) is 0 Å². The van der Waals surface area contributed by atoms with Crippen LogP contribution in [-0.4, -0.2) is 46.6 Å². The molecule has 0 amide bonds. The van der Waals surface area contributed by atoms with Gasteiger partial charge in [0.2, 0.25) is 5.60 Å². The van der Waals surface area contributed by atoms with Gasteiger partial charge in [0.25, 0.3) is 5.56 Å². The molecule has 1 aromatic heterocycles. The molecule has 11 heteroatoms. The number of halogens is 1. The zero-order chi connectivity index (χ0) is 16.8. The van der Waals surface area contributed by atoms with Crippen LogP contribution >= 0.6 is 22.6 Å². The highest BCUT2D eigenvalue weighted by Crippen LogP contribution is 2.39. The number of carbonyl (C=O) groups is 2. The fourth-order valence-corrected chi connectivity index (χ4v) is 2.93. The molecule has 10 nitrogen and oxygen atoms in total. The van der Waals surface area contributed by atoms with Gasteiger partial charge < -0.3 is 18.9 Å². The van der Waals surface area contributed by atoms with Crippen molar-refractivity contribution in [3.8, 4) is 0 Å². The summed E-state index contributed by atoms with van der Waals surface area (Å²) in [5, 5.41) is 0. The van der Waals surface area contributed by atoms with E-state index in [-0.39, 0.29) is 16.8 Å². The van der Waals surface area contributed by atoms with Gasteiger partial charge in [0, 0.05) is 13.1 Å². The Morgan fingerprint density at radius 1 is 1.43 bits per heavy atom. The fourth-order valence-electron chi connectivity index (χ4n) is 2.49. The number of cyclic esters (lactones) is 1. The maximum absolute atomic E-state index is 12.0. The number of hydrogen-bond acceptors (Lipinski definition) is 8. The van der Waals surface area contributed by atoms with Crippen molar-refractivity contribution < 1.29 is 28.5 Å². The molecule has 2 aliphatic rings. The Hall–Kier alpha value is -1.89. The summed E-state index contributed by atoms with van der Waals surface area (Å²) in [7, 11) is 0. The lowest BCUT2D eigenvalue weighted by Gasteiger charge is -2.27. The first-order chi connectivity index (χ1) is 10.8. The molecule has 0 bridgehead atoms. The second kappa shape index (κ2) is 5.63. The highest BCUT2D eigenvalue weighted by atomic mass is 127. The van der Waals surface area contributed by atoms with Crippen LogP contribution in [0.5, 0.6) is 0 Å². The van der Waals surface area contributed by atoms with Gasteiger partial charge in [-0.3, -0.25) is 19.1 Å². The standard InChI is InChI=1S/C12H11IN2O8/c1-5(16)22-7-9(15-2-6(13)8(17)14-10(15)18)20-3-12(7)4-21-11(19)23-12/h2,7,9H,3-4H2,1H3,(H,14,17,18)/t7-,9+,12+/m0/s1. The van der Waals surface area contributed by atoms with Crippen molar-refractivity contribution in [1.82, 2.24) is 9.55 Å². The predicted molar refractivity (Wildman–Crippen MR) is 79.7 cm³/mol. The molecule has 3 atom stereocenters. The van der Waals surface area contributed by atoms with E-state index >= 15 is 0 Å². The number of H-pyrrole nitrogens is 1. The van der Waals surface area contributed by atoms with Gasteiger partial charge in [-0.05, 0) is 22.6 Å². The minimum absolute atomic E-state index is 0.122. The molecule has 0 aliphatic carbocycles. The maximum Gasteiger partial charge on any atom is 0.509 e. The number of rotatable bonds is 2. The molecule has 0 radical (unpaired) electrons. The lowest BCUT2D eigenvalue weighted by atomic mass is 10.00. The number of carbonyl (C=O) groups excluding carboxylic acids is 2. The smallest absolute Gasteiger partial charge is 0.453 e. The second-order valence-electron chi connectivity index (χ2n) is 5.08. The van der Waals surface area contributed by atoms with Crippen LogP contribution in [0.3, 0.4) is 0 Å². The molecule has 1 aromatic rings. The van der Waals surface area contributed by atoms with E-state index in [2.05, 4.69) is 4.98 Å². The highest BCUT2D eigenvalue weighted by molar-refractivity contribution is 14.1. The number of nitrogens with one attached hydrogen (secondary N) is 1. The molecule has 2 aliphatic heterocycles. The number of nitrogens with zero attached hydrogens (tertiary/aromatic N) is 1. The average Bonchev–Trinajstić information content (AvgIpc) is 3.00. The predicted octanol–water partition coefficient (Wildman–Crippen LogP) is -0.493. The number of aromatic amines is 1. The first-order valence-corrected chi connectivity index (χ1v) is 7.56. The van der Waals surface area contributed by atoms with Crippen molar-refractivity contribution in [2.24, 2.45) is 0 Å². The molecule has 2 saturated heterocycles. The largest absolute Gasteiger partial charge is 0.509 e. The SMILES string of the molecule is CC(=O)O[C@H]1[C@H](n2cc(I)c(=O)[nH]c2=O)OC[C@@]12COC(=O)O2. The summed E-state index contributed by atoms with van der Waals surface area (Å²) in [4.78, 5) is 48.3. The first kappa shape index (κ1) is 16.0. The summed E-state index contributed by atoms with van der Waals surface area (Å²) >= 11 is 1.75. The van der Waals surface area contributed by atoms with Crippen molar-refractivity contribution in [3.05, 3.63) is 30.6 Å². The Morgan fingerprint density at radius 3 is 2.78 bits per heavy atom. The van der Waals surface area contributed by atoms with Crippen molar-refractivity contribution in [1.29, 1.82) is 0 Å². The molecule has 0 aromatic carbocycles. The molecule has 1 spiro atoms. The van der Waals surface area contributed by atoms with Gasteiger partial charge in [-0.1, -0.05) is 0 Å².